The molecule has 2 atom stereocenters. The second kappa shape index (κ2) is 7.25. The molecule has 5 nitrogen and oxygen atoms in total. The smallest absolute Gasteiger partial charge is 0.420 e. The average molecular weight is 484 g/mol. The van der Waals surface area contributed by atoms with Gasteiger partial charge in [-0.1, -0.05) is 0 Å². The summed E-state index contributed by atoms with van der Waals surface area (Å²) in [5, 5.41) is 0. The van der Waals surface area contributed by atoms with Crippen molar-refractivity contribution in [3.8, 4) is 0 Å². The lowest BCUT2D eigenvalue weighted by Crippen LogP contribution is -2.61. The Bertz CT molecular complexity index is 339. The molecule has 1 saturated heterocycles. The van der Waals surface area contributed by atoms with Gasteiger partial charge in [0.2, 0.25) is 0 Å². The van der Waals surface area contributed by atoms with Gasteiger partial charge < -0.3 is 20.6 Å². The maximum atomic E-state index is 6.70. The van der Waals surface area contributed by atoms with Gasteiger partial charge in [-0.2, -0.15) is 0 Å². The molecule has 24 heavy (non-hydrogen) atoms. The van der Waals surface area contributed by atoms with Gasteiger partial charge in [-0.3, -0.25) is 0 Å². The molecule has 0 saturated carbocycles. The molecule has 0 aromatic rings. The van der Waals surface area contributed by atoms with E-state index in [2.05, 4.69) is 26.2 Å². The minimum atomic E-state index is -2.82. The van der Waals surface area contributed by atoms with Crippen LogP contribution >= 0.6 is 22.2 Å². The highest BCUT2D eigenvalue weighted by atomic mass is 35.6. The SMILES string of the molecule is C[Si]1(C)C[Si](C)(C)O[Si](C)(Cl)O[Si](C)(C)O[Si](C)(C)O[Si](C)(Cl)O1. The lowest BCUT2D eigenvalue weighted by molar-refractivity contribution is 0.289. The summed E-state index contributed by atoms with van der Waals surface area (Å²) in [5.74, 6) is 0. The number of hydrogen-bond acceptors (Lipinski definition) is 5. The van der Waals surface area contributed by atoms with Crippen LogP contribution < -0.4 is 0 Å². The molecule has 2 unspecified atom stereocenters. The van der Waals surface area contributed by atoms with Gasteiger partial charge in [0.1, 0.15) is 0 Å². The fourth-order valence-electron chi connectivity index (χ4n) is 3.64. The first-order chi connectivity index (χ1) is 10.2. The summed E-state index contributed by atoms with van der Waals surface area (Å²) < 4.78 is 31.6. The van der Waals surface area contributed by atoms with Crippen LogP contribution in [0.15, 0.2) is 0 Å². The molecular formula is C11H32Cl2O5Si6. The van der Waals surface area contributed by atoms with E-state index in [4.69, 9.17) is 42.7 Å². The van der Waals surface area contributed by atoms with Crippen molar-refractivity contribution in [3.05, 3.63) is 0 Å². The van der Waals surface area contributed by atoms with E-state index >= 15 is 0 Å². The Kier molecular flexibility index (Phi) is 7.17. The molecule has 0 bridgehead atoms. The van der Waals surface area contributed by atoms with E-state index in [0.29, 0.717) is 0 Å². The van der Waals surface area contributed by atoms with Crippen molar-refractivity contribution in [1.29, 1.82) is 0 Å². The van der Waals surface area contributed by atoms with E-state index < -0.39 is 49.5 Å². The lowest BCUT2D eigenvalue weighted by atomic mass is 11.8. The zero-order valence-electron chi connectivity index (χ0n) is 16.5. The van der Waals surface area contributed by atoms with Crippen LogP contribution in [0.25, 0.3) is 0 Å². The molecule has 144 valence electrons. The third-order valence-electron chi connectivity index (χ3n) is 3.12. The number of rotatable bonds is 0. The van der Waals surface area contributed by atoms with E-state index in [1.807, 2.05) is 39.3 Å². The van der Waals surface area contributed by atoms with Gasteiger partial charge in [0, 0.05) is 0 Å². The molecule has 1 heterocycles. The summed E-state index contributed by atoms with van der Waals surface area (Å²) in [4.78, 5) is 0. The summed E-state index contributed by atoms with van der Waals surface area (Å²) in [5.41, 5.74) is 0.891. The second-order valence-corrected chi connectivity index (χ2v) is 34.3. The standard InChI is InChI=1S/C11H32Cl2O5Si6/c1-19(2)11-20(3,4)15-24(10,13)18-22(7,8)16-21(5,6)17-23(9,12)14-19/h11H2,1-10H3. The Morgan fingerprint density at radius 3 is 1.08 bits per heavy atom. The van der Waals surface area contributed by atoms with E-state index in [1.165, 1.54) is 0 Å². The topological polar surface area (TPSA) is 46.2 Å². The van der Waals surface area contributed by atoms with Crippen LogP contribution in [0, 0.1) is 0 Å². The van der Waals surface area contributed by atoms with Crippen molar-refractivity contribution in [2.45, 2.75) is 71.1 Å². The first-order valence-corrected chi connectivity index (χ1v) is 26.6. The van der Waals surface area contributed by atoms with Crippen molar-refractivity contribution in [3.63, 3.8) is 0 Å². The summed E-state index contributed by atoms with van der Waals surface area (Å²) in [6.07, 6.45) is 0. The number of halogens is 2. The highest BCUT2D eigenvalue weighted by Gasteiger charge is 2.52. The van der Waals surface area contributed by atoms with Crippen molar-refractivity contribution in [2.24, 2.45) is 0 Å². The van der Waals surface area contributed by atoms with Gasteiger partial charge in [0.05, 0.1) is 0 Å². The Morgan fingerprint density at radius 1 is 0.500 bits per heavy atom. The zero-order chi connectivity index (χ0) is 19.2. The van der Waals surface area contributed by atoms with Crippen molar-refractivity contribution >= 4 is 71.7 Å². The van der Waals surface area contributed by atoms with Crippen molar-refractivity contribution < 1.29 is 20.6 Å². The Labute approximate surface area is 162 Å². The third-order valence-corrected chi connectivity index (χ3v) is 30.8. The molecule has 13 heteroatoms. The fraction of sp³-hybridized carbons (Fsp3) is 1.00. The van der Waals surface area contributed by atoms with Crippen LogP contribution in [0.3, 0.4) is 0 Å². The molecular weight excluding hydrogens is 452 g/mol. The van der Waals surface area contributed by atoms with Crippen LogP contribution in [-0.2, 0) is 20.6 Å². The molecule has 0 amide bonds. The first kappa shape index (κ1) is 23.7. The summed E-state index contributed by atoms with van der Waals surface area (Å²) in [7, 11) is -14.8. The first-order valence-electron chi connectivity index (χ1n) is 8.13. The van der Waals surface area contributed by atoms with E-state index in [9.17, 15) is 0 Å². The lowest BCUT2D eigenvalue weighted by Gasteiger charge is -2.44. The Morgan fingerprint density at radius 2 is 0.792 bits per heavy atom. The second-order valence-electron chi connectivity index (χ2n) is 8.68. The van der Waals surface area contributed by atoms with E-state index in [0.717, 1.165) is 5.67 Å². The largest absolute Gasteiger partial charge is 0.426 e. The average Bonchev–Trinajstić information content (AvgIpc) is 1.98. The van der Waals surface area contributed by atoms with Gasteiger partial charge in [0.15, 0.2) is 16.6 Å². The highest BCUT2D eigenvalue weighted by molar-refractivity contribution is 7.19. The molecule has 0 N–H and O–H groups in total. The fourth-order valence-corrected chi connectivity index (χ4v) is 42.6. The summed E-state index contributed by atoms with van der Waals surface area (Å²) in [6, 6.07) is 0. The predicted molar refractivity (Wildman–Crippen MR) is 115 cm³/mol. The van der Waals surface area contributed by atoms with Crippen molar-refractivity contribution in [1.82, 2.24) is 0 Å². The summed E-state index contributed by atoms with van der Waals surface area (Å²) in [6.45, 7) is 20.4. The van der Waals surface area contributed by atoms with Crippen LogP contribution in [0.4, 0.5) is 0 Å². The Balaban J connectivity index is 3.24. The molecule has 0 radical (unpaired) electrons. The molecule has 0 aromatic heterocycles. The van der Waals surface area contributed by atoms with Gasteiger partial charge in [-0.15, -0.1) is 22.2 Å². The molecule has 1 aliphatic rings. The molecule has 1 fully saturated rings. The normalized spacial score (nSPS) is 39.5. The highest BCUT2D eigenvalue weighted by Crippen LogP contribution is 2.34. The third kappa shape index (κ3) is 8.58. The van der Waals surface area contributed by atoms with Crippen LogP contribution in [-0.4, -0.2) is 49.5 Å². The van der Waals surface area contributed by atoms with Gasteiger partial charge >= 0.3 is 32.9 Å². The predicted octanol–water partition coefficient (Wildman–Crippen LogP) is 5.05. The van der Waals surface area contributed by atoms with Gasteiger partial charge in [-0.25, -0.2) is 0 Å². The van der Waals surface area contributed by atoms with Crippen molar-refractivity contribution in [2.75, 3.05) is 0 Å². The summed E-state index contributed by atoms with van der Waals surface area (Å²) >= 11 is 13.4. The number of hydrogen-bond donors (Lipinski definition) is 0. The minimum absolute atomic E-state index is 0.891. The molecule has 0 spiro atoms. The van der Waals surface area contributed by atoms with Crippen LogP contribution in [0.2, 0.25) is 71.1 Å². The van der Waals surface area contributed by atoms with Gasteiger partial charge in [-0.05, 0) is 71.1 Å². The monoisotopic (exact) mass is 482 g/mol. The zero-order valence-corrected chi connectivity index (χ0v) is 24.0. The maximum absolute atomic E-state index is 6.70. The van der Waals surface area contributed by atoms with E-state index in [1.54, 1.807) is 0 Å². The maximum Gasteiger partial charge on any atom is 0.420 e. The minimum Gasteiger partial charge on any atom is -0.426 e. The molecule has 0 aromatic carbocycles. The van der Waals surface area contributed by atoms with Gasteiger partial charge in [0.25, 0.3) is 0 Å². The molecule has 1 rings (SSSR count). The molecule has 0 aliphatic carbocycles. The quantitative estimate of drug-likeness (QED) is 0.356. The van der Waals surface area contributed by atoms with E-state index in [-0.39, 0.29) is 0 Å². The van der Waals surface area contributed by atoms with Crippen LogP contribution in [0.5, 0.6) is 0 Å². The molecule has 1 aliphatic heterocycles. The Hall–Kier alpha value is 1.68. The van der Waals surface area contributed by atoms with Crippen LogP contribution in [0.1, 0.15) is 0 Å².